The number of amides is 1. The molecule has 0 aliphatic heterocycles. The predicted octanol–water partition coefficient (Wildman–Crippen LogP) is 4.24. The van der Waals surface area contributed by atoms with Gasteiger partial charge in [-0.3, -0.25) is 14.9 Å². The van der Waals surface area contributed by atoms with Crippen molar-refractivity contribution in [2.24, 2.45) is 0 Å². The van der Waals surface area contributed by atoms with Crippen molar-refractivity contribution in [3.05, 3.63) is 61.7 Å². The Morgan fingerprint density at radius 2 is 1.92 bits per heavy atom. The second kappa shape index (κ2) is 7.68. The summed E-state index contributed by atoms with van der Waals surface area (Å²) in [5, 5.41) is 12.9. The van der Waals surface area contributed by atoms with E-state index in [1.165, 1.54) is 30.3 Å². The van der Waals surface area contributed by atoms with Crippen molar-refractivity contribution < 1.29 is 27.6 Å². The first-order chi connectivity index (χ1) is 11.7. The van der Waals surface area contributed by atoms with Gasteiger partial charge in [-0.05, 0) is 46.9 Å². The maximum absolute atomic E-state index is 13.0. The van der Waals surface area contributed by atoms with E-state index >= 15 is 0 Å². The van der Waals surface area contributed by atoms with Gasteiger partial charge in [-0.25, -0.2) is 0 Å². The quantitative estimate of drug-likeness (QED) is 0.406. The number of para-hydroxylation sites is 2. The molecule has 0 spiro atoms. The molecule has 6 nitrogen and oxygen atoms in total. The summed E-state index contributed by atoms with van der Waals surface area (Å²) in [6, 6.07) is 8.82. The summed E-state index contributed by atoms with van der Waals surface area (Å²) in [6.07, 6.45) is -4.64. The molecule has 0 radical (unpaired) electrons. The van der Waals surface area contributed by atoms with Crippen LogP contribution in [0, 0.1) is 13.7 Å². The molecule has 0 aliphatic carbocycles. The normalized spacial score (nSPS) is 11.0. The first-order valence-electron chi connectivity index (χ1n) is 6.71. The number of benzene rings is 2. The second-order valence-electron chi connectivity index (χ2n) is 4.75. The molecular formula is C15H10F3IN2O4. The molecule has 0 saturated carbocycles. The van der Waals surface area contributed by atoms with Gasteiger partial charge < -0.3 is 10.1 Å². The molecule has 1 N–H and O–H groups in total. The van der Waals surface area contributed by atoms with Crippen LogP contribution in [-0.4, -0.2) is 17.4 Å². The Morgan fingerprint density at radius 3 is 2.56 bits per heavy atom. The van der Waals surface area contributed by atoms with Crippen molar-refractivity contribution in [2.45, 2.75) is 6.18 Å². The van der Waals surface area contributed by atoms with Gasteiger partial charge in [0.05, 0.1) is 16.2 Å². The van der Waals surface area contributed by atoms with Crippen LogP contribution in [0.15, 0.2) is 42.5 Å². The zero-order chi connectivity index (χ0) is 18.6. The van der Waals surface area contributed by atoms with E-state index in [0.717, 1.165) is 12.1 Å². The monoisotopic (exact) mass is 466 g/mol. The molecule has 0 unspecified atom stereocenters. The van der Waals surface area contributed by atoms with Gasteiger partial charge in [-0.2, -0.15) is 13.2 Å². The maximum Gasteiger partial charge on any atom is 0.418 e. The van der Waals surface area contributed by atoms with E-state index in [2.05, 4.69) is 5.32 Å². The third-order valence-electron chi connectivity index (χ3n) is 2.98. The molecule has 2 aromatic rings. The van der Waals surface area contributed by atoms with Crippen molar-refractivity contribution in [2.75, 3.05) is 11.9 Å². The predicted molar refractivity (Wildman–Crippen MR) is 91.4 cm³/mol. The van der Waals surface area contributed by atoms with Crippen LogP contribution < -0.4 is 10.1 Å². The molecule has 2 rings (SSSR count). The number of anilines is 1. The van der Waals surface area contributed by atoms with Crippen LogP contribution in [0.3, 0.4) is 0 Å². The van der Waals surface area contributed by atoms with Gasteiger partial charge in [-0.15, -0.1) is 0 Å². The first kappa shape index (κ1) is 19.0. The lowest BCUT2D eigenvalue weighted by Crippen LogP contribution is -2.22. The molecule has 0 saturated heterocycles. The zero-order valence-corrected chi connectivity index (χ0v) is 14.5. The van der Waals surface area contributed by atoms with Gasteiger partial charge in [0.2, 0.25) is 0 Å². The third kappa shape index (κ3) is 5.05. The molecule has 0 aromatic heterocycles. The molecule has 0 aliphatic rings. The standard InChI is InChI=1S/C15H10F3IN2O4/c16-15(17,18)10-7-9(19)5-6-11(10)20-14(22)8-25-13-4-2-1-3-12(13)21(23)24/h1-7H,8H2,(H,20,22). The molecule has 132 valence electrons. The van der Waals surface area contributed by atoms with E-state index < -0.39 is 34.9 Å². The summed E-state index contributed by atoms with van der Waals surface area (Å²) in [4.78, 5) is 22.0. The number of halogens is 4. The van der Waals surface area contributed by atoms with E-state index in [9.17, 15) is 28.1 Å². The van der Waals surface area contributed by atoms with Gasteiger partial charge >= 0.3 is 11.9 Å². The number of carbonyl (C=O) groups is 1. The minimum atomic E-state index is -4.64. The summed E-state index contributed by atoms with van der Waals surface area (Å²) < 4.78 is 44.4. The maximum atomic E-state index is 13.0. The fourth-order valence-corrected chi connectivity index (χ4v) is 2.41. The van der Waals surface area contributed by atoms with Crippen molar-refractivity contribution in [3.8, 4) is 5.75 Å². The number of rotatable bonds is 5. The molecule has 0 atom stereocenters. The average molecular weight is 466 g/mol. The molecule has 1 amide bonds. The van der Waals surface area contributed by atoms with Crippen LogP contribution in [0.5, 0.6) is 5.75 Å². The summed E-state index contributed by atoms with van der Waals surface area (Å²) >= 11 is 1.73. The Bertz CT molecular complexity index is 812. The van der Waals surface area contributed by atoms with Crippen molar-refractivity contribution in [3.63, 3.8) is 0 Å². The number of nitrogens with zero attached hydrogens (tertiary/aromatic N) is 1. The van der Waals surface area contributed by atoms with Crippen LogP contribution in [0.2, 0.25) is 0 Å². The van der Waals surface area contributed by atoms with Crippen molar-refractivity contribution in [1.29, 1.82) is 0 Å². The van der Waals surface area contributed by atoms with Crippen LogP contribution in [0.4, 0.5) is 24.5 Å². The Hall–Kier alpha value is -2.37. The van der Waals surface area contributed by atoms with Crippen LogP contribution in [0.25, 0.3) is 0 Å². The number of hydrogen-bond donors (Lipinski definition) is 1. The van der Waals surface area contributed by atoms with Crippen LogP contribution in [0.1, 0.15) is 5.56 Å². The highest BCUT2D eigenvalue weighted by Crippen LogP contribution is 2.35. The van der Waals surface area contributed by atoms with Gasteiger partial charge in [-0.1, -0.05) is 12.1 Å². The number of alkyl halides is 3. The van der Waals surface area contributed by atoms with Crippen molar-refractivity contribution >= 4 is 39.9 Å². The van der Waals surface area contributed by atoms with Gasteiger partial charge in [0, 0.05) is 9.64 Å². The van der Waals surface area contributed by atoms with E-state index in [4.69, 9.17) is 4.74 Å². The number of ether oxygens (including phenoxy) is 1. The zero-order valence-electron chi connectivity index (χ0n) is 12.3. The largest absolute Gasteiger partial charge is 0.477 e. The minimum Gasteiger partial charge on any atom is -0.477 e. The Kier molecular flexibility index (Phi) is 5.82. The second-order valence-corrected chi connectivity index (χ2v) is 5.99. The number of carbonyl (C=O) groups excluding carboxylic acids is 1. The Morgan fingerprint density at radius 1 is 1.24 bits per heavy atom. The molecule has 0 fully saturated rings. The third-order valence-corrected chi connectivity index (χ3v) is 3.65. The Balaban J connectivity index is 2.11. The highest BCUT2D eigenvalue weighted by atomic mass is 127. The lowest BCUT2D eigenvalue weighted by molar-refractivity contribution is -0.385. The summed E-state index contributed by atoms with van der Waals surface area (Å²) in [5.74, 6) is -1.02. The smallest absolute Gasteiger partial charge is 0.418 e. The highest BCUT2D eigenvalue weighted by Gasteiger charge is 2.34. The van der Waals surface area contributed by atoms with Gasteiger partial charge in [0.1, 0.15) is 0 Å². The summed E-state index contributed by atoms with van der Waals surface area (Å²) in [5.41, 5.74) is -1.75. The van der Waals surface area contributed by atoms with E-state index in [1.54, 1.807) is 22.6 Å². The lowest BCUT2D eigenvalue weighted by atomic mass is 10.1. The van der Waals surface area contributed by atoms with E-state index in [-0.39, 0.29) is 11.4 Å². The summed E-state index contributed by atoms with van der Waals surface area (Å²) in [7, 11) is 0. The fourth-order valence-electron chi connectivity index (χ4n) is 1.92. The highest BCUT2D eigenvalue weighted by molar-refractivity contribution is 14.1. The number of nitrogens with one attached hydrogen (secondary N) is 1. The lowest BCUT2D eigenvalue weighted by Gasteiger charge is -2.14. The molecular weight excluding hydrogens is 456 g/mol. The summed E-state index contributed by atoms with van der Waals surface area (Å²) in [6.45, 7) is -0.672. The molecule has 25 heavy (non-hydrogen) atoms. The topological polar surface area (TPSA) is 81.5 Å². The molecule has 10 heteroatoms. The average Bonchev–Trinajstić information content (AvgIpc) is 2.54. The van der Waals surface area contributed by atoms with Crippen LogP contribution >= 0.6 is 22.6 Å². The molecule has 0 bridgehead atoms. The van der Waals surface area contributed by atoms with E-state index in [1.807, 2.05) is 0 Å². The van der Waals surface area contributed by atoms with Crippen LogP contribution in [-0.2, 0) is 11.0 Å². The fraction of sp³-hybridized carbons (Fsp3) is 0.133. The molecule has 0 heterocycles. The van der Waals surface area contributed by atoms with Gasteiger partial charge in [0.25, 0.3) is 5.91 Å². The van der Waals surface area contributed by atoms with Crippen molar-refractivity contribution in [1.82, 2.24) is 0 Å². The Labute approximate surface area is 153 Å². The number of nitro groups is 1. The van der Waals surface area contributed by atoms with E-state index in [0.29, 0.717) is 3.57 Å². The van der Waals surface area contributed by atoms with Gasteiger partial charge in [0.15, 0.2) is 12.4 Å². The number of hydrogen-bond acceptors (Lipinski definition) is 4. The SMILES string of the molecule is O=C(COc1ccccc1[N+](=O)[O-])Nc1ccc(I)cc1C(F)(F)F. The first-order valence-corrected chi connectivity index (χ1v) is 7.79. The minimum absolute atomic E-state index is 0.152. The number of nitro benzene ring substituents is 1. The molecule has 2 aromatic carbocycles.